The Kier molecular flexibility index (Phi) is 5.27. The van der Waals surface area contributed by atoms with Crippen LogP contribution in [0.4, 0.5) is 0 Å². The molecule has 0 unspecified atom stereocenters. The van der Waals surface area contributed by atoms with Crippen molar-refractivity contribution in [3.8, 4) is 16.3 Å². The number of piperazine rings is 1. The second kappa shape index (κ2) is 7.84. The Morgan fingerprint density at radius 2 is 2.00 bits per heavy atom. The first-order valence-electron chi connectivity index (χ1n) is 9.28. The number of ether oxygens (including phenoxy) is 1. The van der Waals surface area contributed by atoms with E-state index in [2.05, 4.69) is 10.3 Å². The molecule has 2 heterocycles. The van der Waals surface area contributed by atoms with Crippen molar-refractivity contribution in [2.45, 2.75) is 19.0 Å². The van der Waals surface area contributed by atoms with Crippen molar-refractivity contribution < 1.29 is 14.5 Å². The van der Waals surface area contributed by atoms with E-state index in [0.717, 1.165) is 41.6 Å². The summed E-state index contributed by atoms with van der Waals surface area (Å²) in [4.78, 5) is 31.5. The van der Waals surface area contributed by atoms with Crippen molar-refractivity contribution in [1.29, 1.82) is 0 Å². The van der Waals surface area contributed by atoms with Gasteiger partial charge in [-0.25, -0.2) is 4.98 Å². The van der Waals surface area contributed by atoms with Gasteiger partial charge >= 0.3 is 0 Å². The van der Waals surface area contributed by atoms with Crippen LogP contribution in [0.25, 0.3) is 10.6 Å². The fourth-order valence-corrected chi connectivity index (χ4v) is 4.33. The van der Waals surface area contributed by atoms with Crippen LogP contribution in [0.1, 0.15) is 12.1 Å². The minimum Gasteiger partial charge on any atom is -0.497 e. The highest BCUT2D eigenvalue weighted by atomic mass is 32.1. The van der Waals surface area contributed by atoms with Crippen molar-refractivity contribution in [3.05, 3.63) is 45.5 Å². The Morgan fingerprint density at radius 1 is 1.29 bits per heavy atom. The largest absolute Gasteiger partial charge is 0.497 e. The summed E-state index contributed by atoms with van der Waals surface area (Å²) in [6, 6.07) is 7.19. The zero-order valence-corrected chi connectivity index (χ0v) is 16.4. The van der Waals surface area contributed by atoms with Crippen LogP contribution in [0.15, 0.2) is 29.6 Å². The Hall–Kier alpha value is -2.52. The zero-order chi connectivity index (χ0) is 19.7. The lowest BCUT2D eigenvalue weighted by Gasteiger charge is -2.34. The van der Waals surface area contributed by atoms with E-state index in [0.29, 0.717) is 19.5 Å². The van der Waals surface area contributed by atoms with Gasteiger partial charge in [0.25, 0.3) is 0 Å². The molecule has 2 atom stereocenters. The van der Waals surface area contributed by atoms with Gasteiger partial charge in [0.2, 0.25) is 11.9 Å². The molecule has 4 rings (SSSR count). The van der Waals surface area contributed by atoms with Crippen LogP contribution in [0.5, 0.6) is 5.75 Å². The molecule has 1 saturated carbocycles. The first-order valence-corrected chi connectivity index (χ1v) is 10.2. The molecule has 0 N–H and O–H groups in total. The number of methoxy groups -OCH3 is 1. The first-order chi connectivity index (χ1) is 13.5. The summed E-state index contributed by atoms with van der Waals surface area (Å²) in [5.74, 6) is 0.354. The van der Waals surface area contributed by atoms with E-state index in [-0.39, 0.29) is 10.8 Å². The minimum atomic E-state index is -0.670. The van der Waals surface area contributed by atoms with Gasteiger partial charge in [0, 0.05) is 55.0 Å². The molecule has 28 heavy (non-hydrogen) atoms. The highest BCUT2D eigenvalue weighted by molar-refractivity contribution is 7.13. The fourth-order valence-electron chi connectivity index (χ4n) is 3.52. The molecule has 1 aromatic carbocycles. The first kappa shape index (κ1) is 18.8. The minimum absolute atomic E-state index is 0.0585. The van der Waals surface area contributed by atoms with Gasteiger partial charge in [0.05, 0.1) is 12.8 Å². The zero-order valence-electron chi connectivity index (χ0n) is 15.6. The van der Waals surface area contributed by atoms with Crippen molar-refractivity contribution in [2.24, 2.45) is 5.92 Å². The molecule has 1 aliphatic heterocycles. The molecule has 9 heteroatoms. The Morgan fingerprint density at radius 3 is 2.61 bits per heavy atom. The lowest BCUT2D eigenvalue weighted by molar-refractivity contribution is -0.497. The highest BCUT2D eigenvalue weighted by Crippen LogP contribution is 2.35. The second-order valence-electron chi connectivity index (χ2n) is 7.17. The Labute approximate surface area is 166 Å². The molecule has 8 nitrogen and oxygen atoms in total. The maximum Gasteiger partial charge on any atom is 0.232 e. The topological polar surface area (TPSA) is 88.8 Å². The van der Waals surface area contributed by atoms with E-state index in [4.69, 9.17) is 9.72 Å². The molecule has 0 bridgehead atoms. The number of benzene rings is 1. The third-order valence-electron chi connectivity index (χ3n) is 5.30. The summed E-state index contributed by atoms with van der Waals surface area (Å²) in [5.41, 5.74) is 2.09. The quantitative estimate of drug-likeness (QED) is 0.543. The van der Waals surface area contributed by atoms with Crippen molar-refractivity contribution in [1.82, 2.24) is 14.8 Å². The van der Waals surface area contributed by atoms with Crippen molar-refractivity contribution in [2.75, 3.05) is 33.3 Å². The summed E-state index contributed by atoms with van der Waals surface area (Å²) < 4.78 is 5.19. The number of amides is 1. The van der Waals surface area contributed by atoms with Gasteiger partial charge in [0.1, 0.15) is 16.7 Å². The Bertz CT molecular complexity index is 861. The number of hydrogen-bond donors (Lipinski definition) is 0. The highest BCUT2D eigenvalue weighted by Gasteiger charge is 2.54. The molecule has 1 amide bonds. The standard InChI is InChI=1S/C19H22N4O4S/c1-27-15-4-2-13(3-5-15)18-20-14(12-28-18)11-21-6-8-22(9-7-21)19(24)16-10-17(16)23(25)26/h2-5,12,16-17H,6-11H2,1H3/t16-,17-/m1/s1. The van der Waals surface area contributed by atoms with E-state index in [1.54, 1.807) is 23.3 Å². The van der Waals surface area contributed by atoms with Crippen LogP contribution in [0.2, 0.25) is 0 Å². The molecule has 1 aliphatic carbocycles. The van der Waals surface area contributed by atoms with Crippen LogP contribution >= 0.6 is 11.3 Å². The normalized spacial score (nSPS) is 22.1. The maximum atomic E-state index is 12.3. The molecule has 148 valence electrons. The number of nitrogens with zero attached hydrogens (tertiary/aromatic N) is 4. The van der Waals surface area contributed by atoms with E-state index in [9.17, 15) is 14.9 Å². The lowest BCUT2D eigenvalue weighted by Crippen LogP contribution is -2.49. The smallest absolute Gasteiger partial charge is 0.232 e. The average molecular weight is 402 g/mol. The molecular weight excluding hydrogens is 380 g/mol. The van der Waals surface area contributed by atoms with Gasteiger partial charge < -0.3 is 9.64 Å². The average Bonchev–Trinajstić information content (AvgIpc) is 3.40. The summed E-state index contributed by atoms with van der Waals surface area (Å²) in [6.45, 7) is 3.51. The number of hydrogen-bond acceptors (Lipinski definition) is 7. The third-order valence-corrected chi connectivity index (χ3v) is 6.24. The summed E-state index contributed by atoms with van der Waals surface area (Å²) in [5, 5.41) is 13.8. The monoisotopic (exact) mass is 402 g/mol. The van der Waals surface area contributed by atoms with Crippen LogP contribution in [-0.2, 0) is 11.3 Å². The van der Waals surface area contributed by atoms with E-state index >= 15 is 0 Å². The van der Waals surface area contributed by atoms with E-state index < -0.39 is 12.0 Å². The maximum absolute atomic E-state index is 12.3. The van der Waals surface area contributed by atoms with Gasteiger partial charge in [-0.05, 0) is 24.3 Å². The number of nitro groups is 1. The molecular formula is C19H22N4O4S. The third kappa shape index (κ3) is 4.00. The predicted molar refractivity (Wildman–Crippen MR) is 105 cm³/mol. The second-order valence-corrected chi connectivity index (χ2v) is 8.03. The predicted octanol–water partition coefficient (Wildman–Crippen LogP) is 2.13. The molecule has 0 radical (unpaired) electrons. The SMILES string of the molecule is COc1ccc(-c2nc(CN3CCN(C(=O)[C@@H]4C[C@H]4[N+](=O)[O-])CC3)cs2)cc1. The van der Waals surface area contributed by atoms with Crippen LogP contribution in [0.3, 0.4) is 0 Å². The molecule has 1 saturated heterocycles. The molecule has 2 fully saturated rings. The van der Waals surface area contributed by atoms with Crippen LogP contribution in [0, 0.1) is 16.0 Å². The number of carbonyl (C=O) groups excluding carboxylic acids is 1. The summed E-state index contributed by atoms with van der Waals surface area (Å²) in [7, 11) is 1.65. The number of carbonyl (C=O) groups is 1. The van der Waals surface area contributed by atoms with E-state index in [1.165, 1.54) is 0 Å². The summed E-state index contributed by atoms with van der Waals surface area (Å²) in [6.07, 6.45) is 0.388. The van der Waals surface area contributed by atoms with Gasteiger partial charge in [0.15, 0.2) is 0 Å². The van der Waals surface area contributed by atoms with Gasteiger partial charge in [-0.2, -0.15) is 0 Å². The lowest BCUT2D eigenvalue weighted by atomic mass is 10.2. The molecule has 1 aromatic heterocycles. The van der Waals surface area contributed by atoms with Gasteiger partial charge in [-0.3, -0.25) is 19.8 Å². The number of thiazole rings is 1. The van der Waals surface area contributed by atoms with E-state index in [1.807, 2.05) is 24.3 Å². The molecule has 2 aliphatic rings. The fraction of sp³-hybridized carbons (Fsp3) is 0.474. The number of rotatable bonds is 6. The summed E-state index contributed by atoms with van der Waals surface area (Å²) >= 11 is 1.62. The van der Waals surface area contributed by atoms with Crippen LogP contribution in [-0.4, -0.2) is 64.9 Å². The molecule has 2 aromatic rings. The van der Waals surface area contributed by atoms with Gasteiger partial charge in [-0.15, -0.1) is 11.3 Å². The van der Waals surface area contributed by atoms with Crippen LogP contribution < -0.4 is 4.74 Å². The van der Waals surface area contributed by atoms with Crippen molar-refractivity contribution >= 4 is 17.2 Å². The molecule has 0 spiro atoms. The van der Waals surface area contributed by atoms with Crippen molar-refractivity contribution in [3.63, 3.8) is 0 Å². The van der Waals surface area contributed by atoms with Gasteiger partial charge in [-0.1, -0.05) is 0 Å². The number of aromatic nitrogens is 1. The Balaban J connectivity index is 1.29.